The summed E-state index contributed by atoms with van der Waals surface area (Å²) in [4.78, 5) is 2.65. The van der Waals surface area contributed by atoms with Gasteiger partial charge in [0.05, 0.1) is 0 Å². The maximum atomic E-state index is 3.73. The lowest BCUT2D eigenvalue weighted by atomic mass is 9.98. The van der Waals surface area contributed by atoms with Crippen molar-refractivity contribution >= 4 is 40.7 Å². The average molecular weight is 398 g/mol. The van der Waals surface area contributed by atoms with Gasteiger partial charge < -0.3 is 5.32 Å². The number of piperazine rings is 1. The molecule has 1 saturated heterocycles. The molecule has 0 bridgehead atoms. The van der Waals surface area contributed by atoms with Crippen molar-refractivity contribution in [3.8, 4) is 0 Å². The number of nitrogens with one attached hydrogen (secondary N) is 1. The zero-order valence-corrected chi connectivity index (χ0v) is 15.9. The Morgan fingerprint density at radius 2 is 1.81 bits per heavy atom. The van der Waals surface area contributed by atoms with Crippen LogP contribution in [0.5, 0.6) is 0 Å². The van der Waals surface area contributed by atoms with Crippen LogP contribution in [0, 0.1) is 0 Å². The predicted molar refractivity (Wildman–Crippen MR) is 100.0 cm³/mol. The predicted octanol–water partition coefficient (Wildman–Crippen LogP) is 4.82. The third kappa shape index (κ3) is 6.45. The molecule has 1 N–H and O–H groups in total. The Kier molecular flexibility index (Phi) is 11.8. The Morgan fingerprint density at radius 1 is 1.14 bits per heavy atom. The average Bonchev–Trinajstić information content (AvgIpc) is 2.46. The third-order valence-electron chi connectivity index (χ3n) is 3.94. The van der Waals surface area contributed by atoms with E-state index in [1.807, 2.05) is 0 Å². The second kappa shape index (κ2) is 11.7. The van der Waals surface area contributed by atoms with Crippen LogP contribution in [-0.4, -0.2) is 31.1 Å². The van der Waals surface area contributed by atoms with E-state index in [9.17, 15) is 0 Å². The van der Waals surface area contributed by atoms with E-state index in [1.165, 1.54) is 35.7 Å². The summed E-state index contributed by atoms with van der Waals surface area (Å²) >= 11 is 3.73. The van der Waals surface area contributed by atoms with Gasteiger partial charge in [0.25, 0.3) is 0 Å². The van der Waals surface area contributed by atoms with Gasteiger partial charge in [0, 0.05) is 36.7 Å². The van der Waals surface area contributed by atoms with E-state index in [-0.39, 0.29) is 24.8 Å². The van der Waals surface area contributed by atoms with Crippen LogP contribution in [-0.2, 0) is 0 Å². The summed E-state index contributed by atoms with van der Waals surface area (Å²) in [5, 5.41) is 3.45. The van der Waals surface area contributed by atoms with Crippen molar-refractivity contribution in [2.75, 3.05) is 26.2 Å². The summed E-state index contributed by atoms with van der Waals surface area (Å²) < 4.78 is 1.26. The second-order valence-corrected chi connectivity index (χ2v) is 6.17. The zero-order chi connectivity index (χ0) is 13.5. The Balaban J connectivity index is 0.00000200. The third-order valence-corrected chi connectivity index (χ3v) is 4.66. The van der Waals surface area contributed by atoms with E-state index in [4.69, 9.17) is 0 Å². The lowest BCUT2D eigenvalue weighted by molar-refractivity contribution is 0.162. The van der Waals surface area contributed by atoms with Gasteiger partial charge in [0.1, 0.15) is 0 Å². The fraction of sp³-hybridized carbons (Fsp3) is 0.625. The Bertz CT molecular complexity index is 384. The summed E-state index contributed by atoms with van der Waals surface area (Å²) in [7, 11) is 0. The van der Waals surface area contributed by atoms with Gasteiger partial charge in [0.2, 0.25) is 0 Å². The standard InChI is InChI=1S/C16H25BrN2.2ClH/c1-2-3-4-9-16(19-12-10-18-11-13-19)14-7-5-6-8-15(14)17;;/h5-8,16,18H,2-4,9-13H2,1H3;2*1H/t16-;;/m0../s1. The van der Waals surface area contributed by atoms with Crippen molar-refractivity contribution in [2.24, 2.45) is 0 Å². The highest BCUT2D eigenvalue weighted by Crippen LogP contribution is 2.32. The molecule has 1 aliphatic heterocycles. The molecule has 0 unspecified atom stereocenters. The molecule has 2 nitrogen and oxygen atoms in total. The fourth-order valence-electron chi connectivity index (χ4n) is 2.86. The maximum absolute atomic E-state index is 3.73. The van der Waals surface area contributed by atoms with E-state index < -0.39 is 0 Å². The van der Waals surface area contributed by atoms with Crippen molar-refractivity contribution in [3.05, 3.63) is 34.3 Å². The lowest BCUT2D eigenvalue weighted by Crippen LogP contribution is -2.45. The highest BCUT2D eigenvalue weighted by Gasteiger charge is 2.23. The van der Waals surface area contributed by atoms with Crippen molar-refractivity contribution in [3.63, 3.8) is 0 Å². The molecule has 1 fully saturated rings. The Hall–Kier alpha value is 0.200. The van der Waals surface area contributed by atoms with E-state index in [0.29, 0.717) is 6.04 Å². The summed E-state index contributed by atoms with van der Waals surface area (Å²) in [6.45, 7) is 6.85. The van der Waals surface area contributed by atoms with Crippen LogP contribution in [0.3, 0.4) is 0 Å². The highest BCUT2D eigenvalue weighted by atomic mass is 79.9. The van der Waals surface area contributed by atoms with Crippen LogP contribution in [0.25, 0.3) is 0 Å². The molecule has 1 aliphatic rings. The topological polar surface area (TPSA) is 15.3 Å². The number of hydrogen-bond acceptors (Lipinski definition) is 2. The number of nitrogens with zero attached hydrogens (tertiary/aromatic N) is 1. The highest BCUT2D eigenvalue weighted by molar-refractivity contribution is 9.10. The first kappa shape index (κ1) is 21.2. The van der Waals surface area contributed by atoms with Crippen LogP contribution >= 0.6 is 40.7 Å². The van der Waals surface area contributed by atoms with Gasteiger partial charge in [-0.2, -0.15) is 0 Å². The van der Waals surface area contributed by atoms with Gasteiger partial charge in [-0.05, 0) is 18.1 Å². The molecule has 1 heterocycles. The van der Waals surface area contributed by atoms with Crippen LogP contribution in [0.1, 0.15) is 44.2 Å². The Morgan fingerprint density at radius 3 is 2.43 bits per heavy atom. The summed E-state index contributed by atoms with van der Waals surface area (Å²) in [5.74, 6) is 0. The second-order valence-electron chi connectivity index (χ2n) is 5.32. The van der Waals surface area contributed by atoms with Crippen LogP contribution < -0.4 is 5.32 Å². The zero-order valence-electron chi connectivity index (χ0n) is 12.7. The van der Waals surface area contributed by atoms with E-state index in [0.717, 1.165) is 26.2 Å². The van der Waals surface area contributed by atoms with Crippen molar-refractivity contribution in [2.45, 2.75) is 38.6 Å². The largest absolute Gasteiger partial charge is 0.314 e. The molecule has 5 heteroatoms. The van der Waals surface area contributed by atoms with Gasteiger partial charge in [-0.1, -0.05) is 60.3 Å². The monoisotopic (exact) mass is 396 g/mol. The SMILES string of the molecule is CCCCC[C@@H](c1ccccc1Br)N1CCNCC1.Cl.Cl. The van der Waals surface area contributed by atoms with Gasteiger partial charge in [-0.15, -0.1) is 24.8 Å². The number of benzene rings is 1. The van der Waals surface area contributed by atoms with Gasteiger partial charge in [-0.25, -0.2) is 0 Å². The number of unbranched alkanes of at least 4 members (excludes halogenated alkanes) is 2. The van der Waals surface area contributed by atoms with Gasteiger partial charge in [-0.3, -0.25) is 4.90 Å². The molecule has 1 aromatic carbocycles. The van der Waals surface area contributed by atoms with E-state index in [2.05, 4.69) is 57.3 Å². The molecule has 1 atom stereocenters. The number of rotatable bonds is 6. The maximum Gasteiger partial charge on any atom is 0.0360 e. The molecule has 0 radical (unpaired) electrons. The smallest absolute Gasteiger partial charge is 0.0360 e. The Labute approximate surface area is 150 Å². The number of halogens is 3. The van der Waals surface area contributed by atoms with Gasteiger partial charge >= 0.3 is 0 Å². The first-order chi connectivity index (χ1) is 9.33. The molecule has 0 aliphatic carbocycles. The molecule has 0 amide bonds. The van der Waals surface area contributed by atoms with Crippen LogP contribution in [0.2, 0.25) is 0 Å². The molecular formula is C16H27BrCl2N2. The quantitative estimate of drug-likeness (QED) is 0.692. The lowest BCUT2D eigenvalue weighted by Gasteiger charge is -2.35. The minimum absolute atomic E-state index is 0. The van der Waals surface area contributed by atoms with E-state index >= 15 is 0 Å². The van der Waals surface area contributed by atoms with Crippen LogP contribution in [0.15, 0.2) is 28.7 Å². The number of hydrogen-bond donors (Lipinski definition) is 1. The fourth-order valence-corrected chi connectivity index (χ4v) is 3.41. The summed E-state index contributed by atoms with van der Waals surface area (Å²) in [6.07, 6.45) is 5.24. The molecule has 0 spiro atoms. The van der Waals surface area contributed by atoms with Crippen molar-refractivity contribution in [1.29, 1.82) is 0 Å². The van der Waals surface area contributed by atoms with Crippen molar-refractivity contribution < 1.29 is 0 Å². The first-order valence-corrected chi connectivity index (χ1v) is 8.31. The minimum atomic E-state index is 0. The normalized spacial score (nSPS) is 16.7. The molecule has 0 saturated carbocycles. The summed E-state index contributed by atoms with van der Waals surface area (Å²) in [6, 6.07) is 9.29. The molecule has 1 aromatic rings. The first-order valence-electron chi connectivity index (χ1n) is 7.52. The molecule has 21 heavy (non-hydrogen) atoms. The van der Waals surface area contributed by atoms with E-state index in [1.54, 1.807) is 0 Å². The molecule has 122 valence electrons. The summed E-state index contributed by atoms with van der Waals surface area (Å²) in [5.41, 5.74) is 1.46. The van der Waals surface area contributed by atoms with Crippen LogP contribution in [0.4, 0.5) is 0 Å². The minimum Gasteiger partial charge on any atom is -0.314 e. The molecular weight excluding hydrogens is 371 g/mol. The molecule has 0 aromatic heterocycles. The van der Waals surface area contributed by atoms with Crippen molar-refractivity contribution in [1.82, 2.24) is 10.2 Å². The van der Waals surface area contributed by atoms with Gasteiger partial charge in [0.15, 0.2) is 0 Å². The molecule has 2 rings (SSSR count).